The van der Waals surface area contributed by atoms with Crippen LogP contribution in [0.15, 0.2) is 18.3 Å². The van der Waals surface area contributed by atoms with Gasteiger partial charge in [0.2, 0.25) is 5.91 Å². The first-order valence-corrected chi connectivity index (χ1v) is 5.12. The molecule has 1 atom stereocenters. The molecule has 4 nitrogen and oxygen atoms in total. The van der Waals surface area contributed by atoms with Crippen LogP contribution in [0.5, 0.6) is 0 Å². The quantitative estimate of drug-likeness (QED) is 0.785. The van der Waals surface area contributed by atoms with Crippen LogP contribution in [0.1, 0.15) is 25.3 Å². The molecule has 1 unspecified atom stereocenters. The molecule has 82 valence electrons. The van der Waals surface area contributed by atoms with Crippen LogP contribution < -0.4 is 11.1 Å². The third-order valence-corrected chi connectivity index (χ3v) is 2.10. The number of nitrogens with two attached hydrogens (primary N) is 1. The Balaban J connectivity index is 2.58. The largest absolute Gasteiger partial charge is 0.320 e. The van der Waals surface area contributed by atoms with E-state index in [9.17, 15) is 4.79 Å². The van der Waals surface area contributed by atoms with Gasteiger partial charge in [-0.3, -0.25) is 4.79 Å². The molecule has 0 saturated heterocycles. The number of amides is 1. The average molecular weight is 207 g/mol. The van der Waals surface area contributed by atoms with Gasteiger partial charge in [0, 0.05) is 6.20 Å². The summed E-state index contributed by atoms with van der Waals surface area (Å²) in [5.41, 5.74) is 6.73. The van der Waals surface area contributed by atoms with Crippen molar-refractivity contribution in [1.29, 1.82) is 0 Å². The van der Waals surface area contributed by atoms with Crippen molar-refractivity contribution in [2.75, 3.05) is 5.32 Å². The highest BCUT2D eigenvalue weighted by Gasteiger charge is 2.12. The number of carbonyl (C=O) groups is 1. The zero-order chi connectivity index (χ0) is 11.3. The fraction of sp³-hybridized carbons (Fsp3) is 0.455. The Morgan fingerprint density at radius 2 is 2.40 bits per heavy atom. The monoisotopic (exact) mass is 207 g/mol. The second-order valence-corrected chi connectivity index (χ2v) is 3.60. The molecular weight excluding hydrogens is 190 g/mol. The molecule has 1 amide bonds. The number of anilines is 1. The van der Waals surface area contributed by atoms with Gasteiger partial charge >= 0.3 is 0 Å². The van der Waals surface area contributed by atoms with E-state index in [0.717, 1.165) is 12.0 Å². The molecule has 15 heavy (non-hydrogen) atoms. The molecule has 0 bridgehead atoms. The molecule has 0 aliphatic carbocycles. The molecule has 3 N–H and O–H groups in total. The molecule has 0 aliphatic heterocycles. The first-order valence-electron chi connectivity index (χ1n) is 5.12. The highest BCUT2D eigenvalue weighted by atomic mass is 16.2. The van der Waals surface area contributed by atoms with Crippen LogP contribution in [0.4, 0.5) is 5.82 Å². The van der Waals surface area contributed by atoms with E-state index in [2.05, 4.69) is 10.3 Å². The molecule has 0 spiro atoms. The number of aryl methyl sites for hydroxylation is 1. The van der Waals surface area contributed by atoms with Crippen molar-refractivity contribution in [2.24, 2.45) is 5.73 Å². The topological polar surface area (TPSA) is 68.0 Å². The number of hydrogen-bond acceptors (Lipinski definition) is 3. The van der Waals surface area contributed by atoms with Crippen LogP contribution in [0.3, 0.4) is 0 Å². The van der Waals surface area contributed by atoms with Crippen LogP contribution in [0, 0.1) is 6.92 Å². The van der Waals surface area contributed by atoms with Crippen molar-refractivity contribution in [1.82, 2.24) is 4.98 Å². The van der Waals surface area contributed by atoms with E-state index < -0.39 is 6.04 Å². The summed E-state index contributed by atoms with van der Waals surface area (Å²) in [6.07, 6.45) is 3.25. The van der Waals surface area contributed by atoms with Crippen LogP contribution in [0.25, 0.3) is 0 Å². The summed E-state index contributed by atoms with van der Waals surface area (Å²) in [5.74, 6) is 0.390. The number of rotatable bonds is 4. The van der Waals surface area contributed by atoms with Gasteiger partial charge in [-0.2, -0.15) is 0 Å². The maximum absolute atomic E-state index is 11.5. The molecule has 1 aromatic heterocycles. The van der Waals surface area contributed by atoms with Crippen molar-refractivity contribution < 1.29 is 4.79 Å². The number of carbonyl (C=O) groups excluding carboxylic acids is 1. The minimum absolute atomic E-state index is 0.171. The first-order chi connectivity index (χ1) is 7.13. The van der Waals surface area contributed by atoms with Crippen molar-refractivity contribution in [3.05, 3.63) is 23.9 Å². The zero-order valence-corrected chi connectivity index (χ0v) is 9.16. The van der Waals surface area contributed by atoms with Gasteiger partial charge in [0.05, 0.1) is 6.04 Å². The van der Waals surface area contributed by atoms with E-state index in [1.54, 1.807) is 6.20 Å². The summed E-state index contributed by atoms with van der Waals surface area (Å²) in [5, 5.41) is 2.69. The number of hydrogen-bond donors (Lipinski definition) is 2. The third-order valence-electron chi connectivity index (χ3n) is 2.10. The van der Waals surface area contributed by atoms with Crippen LogP contribution in [-0.4, -0.2) is 16.9 Å². The van der Waals surface area contributed by atoms with Crippen LogP contribution >= 0.6 is 0 Å². The highest BCUT2D eigenvalue weighted by Crippen LogP contribution is 2.06. The van der Waals surface area contributed by atoms with Crippen molar-refractivity contribution in [3.8, 4) is 0 Å². The summed E-state index contributed by atoms with van der Waals surface area (Å²) < 4.78 is 0. The minimum atomic E-state index is -0.447. The Hall–Kier alpha value is -1.42. The molecule has 0 fully saturated rings. The normalized spacial score (nSPS) is 12.2. The second kappa shape index (κ2) is 5.46. The Bertz CT molecular complexity index is 338. The lowest BCUT2D eigenvalue weighted by molar-refractivity contribution is -0.117. The predicted molar refractivity (Wildman–Crippen MR) is 60.5 cm³/mol. The molecular formula is C11H17N3O. The second-order valence-electron chi connectivity index (χ2n) is 3.60. The van der Waals surface area contributed by atoms with Gasteiger partial charge in [-0.15, -0.1) is 0 Å². The summed E-state index contributed by atoms with van der Waals surface area (Å²) in [6.45, 7) is 3.95. The Morgan fingerprint density at radius 1 is 1.67 bits per heavy atom. The third kappa shape index (κ3) is 3.67. The van der Waals surface area contributed by atoms with Gasteiger partial charge < -0.3 is 11.1 Å². The lowest BCUT2D eigenvalue weighted by atomic mass is 10.1. The SMILES string of the molecule is CCCC(N)C(=O)Nc1cc(C)ccn1. The number of nitrogens with zero attached hydrogens (tertiary/aromatic N) is 1. The standard InChI is InChI=1S/C11H17N3O/c1-3-4-9(12)11(15)14-10-7-8(2)5-6-13-10/h5-7,9H,3-4,12H2,1-2H3,(H,13,14,15). The highest BCUT2D eigenvalue weighted by molar-refractivity contribution is 5.93. The van der Waals surface area contributed by atoms with Crippen molar-refractivity contribution in [2.45, 2.75) is 32.7 Å². The summed E-state index contributed by atoms with van der Waals surface area (Å²) in [6, 6.07) is 3.25. The Labute approximate surface area is 89.9 Å². The van der Waals surface area contributed by atoms with E-state index in [1.807, 2.05) is 26.0 Å². The van der Waals surface area contributed by atoms with Gasteiger partial charge in [-0.05, 0) is 31.0 Å². The molecule has 1 heterocycles. The van der Waals surface area contributed by atoms with Gasteiger partial charge in [-0.1, -0.05) is 13.3 Å². The molecule has 0 aliphatic rings. The smallest absolute Gasteiger partial charge is 0.242 e. The zero-order valence-electron chi connectivity index (χ0n) is 9.16. The van der Waals surface area contributed by atoms with Gasteiger partial charge in [0.1, 0.15) is 5.82 Å². The molecule has 4 heteroatoms. The summed E-state index contributed by atoms with van der Waals surface area (Å²) in [4.78, 5) is 15.6. The lowest BCUT2D eigenvalue weighted by Gasteiger charge is -2.10. The van der Waals surface area contributed by atoms with E-state index in [4.69, 9.17) is 5.73 Å². The van der Waals surface area contributed by atoms with Crippen molar-refractivity contribution in [3.63, 3.8) is 0 Å². The molecule has 1 rings (SSSR count). The van der Waals surface area contributed by atoms with Crippen LogP contribution in [0.2, 0.25) is 0 Å². The van der Waals surface area contributed by atoms with Gasteiger partial charge in [0.25, 0.3) is 0 Å². The number of pyridine rings is 1. The minimum Gasteiger partial charge on any atom is -0.320 e. The fourth-order valence-electron chi connectivity index (χ4n) is 1.27. The summed E-state index contributed by atoms with van der Waals surface area (Å²) in [7, 11) is 0. The Kier molecular flexibility index (Phi) is 4.24. The van der Waals surface area contributed by atoms with E-state index in [0.29, 0.717) is 12.2 Å². The van der Waals surface area contributed by atoms with Crippen molar-refractivity contribution >= 4 is 11.7 Å². The predicted octanol–water partition coefficient (Wildman–Crippen LogP) is 1.46. The lowest BCUT2D eigenvalue weighted by Crippen LogP contribution is -2.35. The van der Waals surface area contributed by atoms with Gasteiger partial charge in [-0.25, -0.2) is 4.98 Å². The molecule has 0 radical (unpaired) electrons. The molecule has 0 saturated carbocycles. The Morgan fingerprint density at radius 3 is 3.00 bits per heavy atom. The first kappa shape index (κ1) is 11.7. The van der Waals surface area contributed by atoms with E-state index in [-0.39, 0.29) is 5.91 Å². The van der Waals surface area contributed by atoms with E-state index in [1.165, 1.54) is 0 Å². The van der Waals surface area contributed by atoms with E-state index >= 15 is 0 Å². The average Bonchev–Trinajstić information content (AvgIpc) is 2.18. The number of nitrogens with one attached hydrogen (secondary N) is 1. The summed E-state index contributed by atoms with van der Waals surface area (Å²) >= 11 is 0. The van der Waals surface area contributed by atoms with Crippen LogP contribution in [-0.2, 0) is 4.79 Å². The maximum atomic E-state index is 11.5. The molecule has 1 aromatic rings. The van der Waals surface area contributed by atoms with Gasteiger partial charge in [0.15, 0.2) is 0 Å². The number of aromatic nitrogens is 1. The fourth-order valence-corrected chi connectivity index (χ4v) is 1.27. The maximum Gasteiger partial charge on any atom is 0.242 e. The molecule has 0 aromatic carbocycles.